The molecule has 1 N–H and O–H groups in total. The Morgan fingerprint density at radius 3 is 2.86 bits per heavy atom. The number of nitrogens with zero attached hydrogens (tertiary/aromatic N) is 4. The van der Waals surface area contributed by atoms with Crippen molar-refractivity contribution in [2.45, 2.75) is 19.3 Å². The smallest absolute Gasteiger partial charge is 0.270 e. The standard InChI is InChI=1S/C21H21N5O2/c27-21(22-15-16-8-3-1-4-9-16)19(14-18-12-7-13-28-18)26-20(23-24-25-26)17-10-5-2-6-11-17/h1-3,5-7,10-14,16H,4,8-9,15H2,(H,22,27)/b19-14-. The van der Waals surface area contributed by atoms with Crippen LogP contribution in [0, 0.1) is 5.92 Å². The van der Waals surface area contributed by atoms with Crippen LogP contribution in [0.1, 0.15) is 25.0 Å². The van der Waals surface area contributed by atoms with Crippen molar-refractivity contribution in [3.8, 4) is 11.4 Å². The third-order valence-corrected chi connectivity index (χ3v) is 4.71. The molecule has 142 valence electrons. The molecule has 0 aliphatic heterocycles. The Morgan fingerprint density at radius 2 is 2.11 bits per heavy atom. The number of carbonyl (C=O) groups excluding carboxylic acids is 1. The van der Waals surface area contributed by atoms with E-state index in [1.165, 1.54) is 4.68 Å². The quantitative estimate of drug-likeness (QED) is 0.527. The lowest BCUT2D eigenvalue weighted by molar-refractivity contribution is -0.116. The molecule has 0 bridgehead atoms. The third kappa shape index (κ3) is 4.09. The van der Waals surface area contributed by atoms with Gasteiger partial charge in [0.25, 0.3) is 5.91 Å². The molecule has 1 aromatic carbocycles. The zero-order chi connectivity index (χ0) is 19.2. The molecule has 28 heavy (non-hydrogen) atoms. The lowest BCUT2D eigenvalue weighted by atomic mass is 9.94. The van der Waals surface area contributed by atoms with E-state index in [0.717, 1.165) is 24.8 Å². The van der Waals surface area contributed by atoms with E-state index >= 15 is 0 Å². The van der Waals surface area contributed by atoms with E-state index in [0.29, 0.717) is 29.7 Å². The monoisotopic (exact) mass is 375 g/mol. The number of carbonyl (C=O) groups is 1. The van der Waals surface area contributed by atoms with Crippen LogP contribution in [0.2, 0.25) is 0 Å². The van der Waals surface area contributed by atoms with E-state index in [1.54, 1.807) is 24.5 Å². The molecule has 3 aromatic rings. The zero-order valence-electron chi connectivity index (χ0n) is 15.4. The molecular weight excluding hydrogens is 354 g/mol. The van der Waals surface area contributed by atoms with Gasteiger partial charge >= 0.3 is 0 Å². The first-order valence-corrected chi connectivity index (χ1v) is 9.34. The Labute approximate surface area is 162 Å². The maximum atomic E-state index is 13.0. The molecule has 0 fully saturated rings. The van der Waals surface area contributed by atoms with E-state index in [-0.39, 0.29) is 5.91 Å². The van der Waals surface area contributed by atoms with E-state index in [9.17, 15) is 4.79 Å². The van der Waals surface area contributed by atoms with Crippen molar-refractivity contribution in [1.29, 1.82) is 0 Å². The summed E-state index contributed by atoms with van der Waals surface area (Å²) >= 11 is 0. The van der Waals surface area contributed by atoms with Gasteiger partial charge < -0.3 is 9.73 Å². The molecule has 0 radical (unpaired) electrons. The Kier molecular flexibility index (Phi) is 5.42. The minimum Gasteiger partial charge on any atom is -0.465 e. The van der Waals surface area contributed by atoms with Gasteiger partial charge in [-0.1, -0.05) is 42.5 Å². The van der Waals surface area contributed by atoms with Crippen LogP contribution in [-0.2, 0) is 4.79 Å². The highest BCUT2D eigenvalue weighted by Gasteiger charge is 2.21. The molecule has 2 heterocycles. The number of amides is 1. The van der Waals surface area contributed by atoms with E-state index < -0.39 is 0 Å². The van der Waals surface area contributed by atoms with Crippen LogP contribution in [0.25, 0.3) is 23.2 Å². The van der Waals surface area contributed by atoms with Crippen molar-refractivity contribution in [1.82, 2.24) is 25.5 Å². The molecule has 1 aliphatic rings. The number of tetrazole rings is 1. The zero-order valence-corrected chi connectivity index (χ0v) is 15.4. The summed E-state index contributed by atoms with van der Waals surface area (Å²) in [6.07, 6.45) is 10.7. The summed E-state index contributed by atoms with van der Waals surface area (Å²) in [5.41, 5.74) is 1.13. The van der Waals surface area contributed by atoms with Crippen LogP contribution in [0.5, 0.6) is 0 Å². The van der Waals surface area contributed by atoms with Crippen LogP contribution >= 0.6 is 0 Å². The second kappa shape index (κ2) is 8.47. The van der Waals surface area contributed by atoms with Crippen LogP contribution in [0.3, 0.4) is 0 Å². The highest BCUT2D eigenvalue weighted by atomic mass is 16.3. The Balaban J connectivity index is 1.63. The van der Waals surface area contributed by atoms with Crippen molar-refractivity contribution in [2.24, 2.45) is 5.92 Å². The van der Waals surface area contributed by atoms with Crippen molar-refractivity contribution in [3.05, 3.63) is 66.6 Å². The Morgan fingerprint density at radius 1 is 1.21 bits per heavy atom. The first kappa shape index (κ1) is 17.9. The van der Waals surface area contributed by atoms with Gasteiger partial charge in [0.15, 0.2) is 5.82 Å². The predicted octanol–water partition coefficient (Wildman–Crippen LogP) is 3.40. The molecule has 7 heteroatoms. The van der Waals surface area contributed by atoms with Crippen molar-refractivity contribution in [3.63, 3.8) is 0 Å². The number of nitrogens with one attached hydrogen (secondary N) is 1. The van der Waals surface area contributed by atoms with Gasteiger partial charge in [-0.3, -0.25) is 4.79 Å². The number of benzene rings is 1. The molecule has 1 amide bonds. The first-order chi connectivity index (χ1) is 13.8. The number of aromatic nitrogens is 4. The van der Waals surface area contributed by atoms with Gasteiger partial charge in [-0.25, -0.2) is 0 Å². The normalized spacial score (nSPS) is 16.9. The summed E-state index contributed by atoms with van der Waals surface area (Å²) in [6, 6.07) is 13.1. The van der Waals surface area contributed by atoms with Gasteiger partial charge in [-0.05, 0) is 47.7 Å². The van der Waals surface area contributed by atoms with E-state index in [2.05, 4.69) is 33.0 Å². The summed E-state index contributed by atoms with van der Waals surface area (Å²) in [7, 11) is 0. The second-order valence-corrected chi connectivity index (χ2v) is 6.69. The maximum absolute atomic E-state index is 13.0. The third-order valence-electron chi connectivity index (χ3n) is 4.71. The number of allylic oxidation sites excluding steroid dienone is 2. The summed E-state index contributed by atoms with van der Waals surface area (Å²) in [6.45, 7) is 0.613. The van der Waals surface area contributed by atoms with Crippen molar-refractivity contribution < 1.29 is 9.21 Å². The topological polar surface area (TPSA) is 85.8 Å². The highest BCUT2D eigenvalue weighted by molar-refractivity contribution is 6.18. The van der Waals surface area contributed by atoms with Gasteiger partial charge in [0.2, 0.25) is 0 Å². The molecular formula is C21H21N5O2. The fourth-order valence-electron chi connectivity index (χ4n) is 3.22. The van der Waals surface area contributed by atoms with Gasteiger partial charge in [-0.2, -0.15) is 4.68 Å². The lowest BCUT2D eigenvalue weighted by Crippen LogP contribution is -2.32. The largest absolute Gasteiger partial charge is 0.465 e. The van der Waals surface area contributed by atoms with Gasteiger partial charge in [0, 0.05) is 18.2 Å². The van der Waals surface area contributed by atoms with Crippen LogP contribution < -0.4 is 5.32 Å². The molecule has 2 aromatic heterocycles. The van der Waals surface area contributed by atoms with Crippen molar-refractivity contribution >= 4 is 17.7 Å². The fourth-order valence-corrected chi connectivity index (χ4v) is 3.22. The summed E-state index contributed by atoms with van der Waals surface area (Å²) in [5, 5.41) is 15.0. The number of rotatable bonds is 6. The minimum absolute atomic E-state index is 0.240. The second-order valence-electron chi connectivity index (χ2n) is 6.69. The summed E-state index contributed by atoms with van der Waals surface area (Å²) in [5.74, 6) is 1.26. The number of furan rings is 1. The fraction of sp³-hybridized carbons (Fsp3) is 0.238. The minimum atomic E-state index is -0.240. The lowest BCUT2D eigenvalue weighted by Gasteiger charge is -2.18. The van der Waals surface area contributed by atoms with Gasteiger partial charge in [0.05, 0.1) is 6.26 Å². The molecule has 1 atom stereocenters. The van der Waals surface area contributed by atoms with E-state index in [1.807, 2.05) is 30.3 Å². The Hall–Kier alpha value is -3.48. The van der Waals surface area contributed by atoms with Gasteiger partial charge in [0.1, 0.15) is 11.5 Å². The average molecular weight is 375 g/mol. The molecule has 0 spiro atoms. The Bertz CT molecular complexity index is 973. The first-order valence-electron chi connectivity index (χ1n) is 9.34. The molecule has 0 saturated heterocycles. The van der Waals surface area contributed by atoms with Crippen LogP contribution in [0.15, 0.2) is 65.3 Å². The summed E-state index contributed by atoms with van der Waals surface area (Å²) in [4.78, 5) is 13.0. The number of hydrogen-bond acceptors (Lipinski definition) is 5. The number of hydrogen-bond donors (Lipinski definition) is 1. The van der Waals surface area contributed by atoms with Crippen molar-refractivity contribution in [2.75, 3.05) is 6.54 Å². The van der Waals surface area contributed by atoms with Gasteiger partial charge in [-0.15, -0.1) is 5.10 Å². The summed E-state index contributed by atoms with van der Waals surface area (Å²) < 4.78 is 6.86. The molecule has 4 rings (SSSR count). The SMILES string of the molecule is O=C(NCC1CC=CCC1)/C(=C/c1ccco1)n1nnnc1-c1ccccc1. The highest BCUT2D eigenvalue weighted by Crippen LogP contribution is 2.21. The molecule has 1 aliphatic carbocycles. The molecule has 1 unspecified atom stereocenters. The van der Waals surface area contributed by atoms with Crippen LogP contribution in [-0.4, -0.2) is 32.7 Å². The average Bonchev–Trinajstić information content (AvgIpc) is 3.43. The molecule has 7 nitrogen and oxygen atoms in total. The predicted molar refractivity (Wildman–Crippen MR) is 106 cm³/mol. The maximum Gasteiger partial charge on any atom is 0.270 e. The molecule has 0 saturated carbocycles. The van der Waals surface area contributed by atoms with Crippen LogP contribution in [0.4, 0.5) is 0 Å². The van der Waals surface area contributed by atoms with E-state index in [4.69, 9.17) is 4.42 Å².